The van der Waals surface area contributed by atoms with E-state index in [9.17, 15) is 4.79 Å². The van der Waals surface area contributed by atoms with Crippen LogP contribution < -0.4 is 0 Å². The van der Waals surface area contributed by atoms with Gasteiger partial charge in [0.2, 0.25) is 0 Å². The number of ketones is 1. The lowest BCUT2D eigenvalue weighted by atomic mass is 9.89. The van der Waals surface area contributed by atoms with Gasteiger partial charge in [0.05, 0.1) is 6.54 Å². The second-order valence-corrected chi connectivity index (χ2v) is 5.48. The van der Waals surface area contributed by atoms with Crippen LogP contribution in [0.5, 0.6) is 0 Å². The summed E-state index contributed by atoms with van der Waals surface area (Å²) in [5.41, 5.74) is 0. The van der Waals surface area contributed by atoms with Crippen molar-refractivity contribution in [3.8, 4) is 0 Å². The van der Waals surface area contributed by atoms with E-state index >= 15 is 0 Å². The van der Waals surface area contributed by atoms with Crippen LogP contribution in [0, 0.1) is 11.8 Å². The molecule has 2 nitrogen and oxygen atoms in total. The fourth-order valence-corrected chi connectivity index (χ4v) is 2.52. The zero-order valence-electron chi connectivity index (χ0n) is 11.2. The lowest BCUT2D eigenvalue weighted by Gasteiger charge is -2.27. The summed E-state index contributed by atoms with van der Waals surface area (Å²) in [5, 5.41) is 0. The molecule has 2 heteroatoms. The van der Waals surface area contributed by atoms with Crippen molar-refractivity contribution >= 4 is 5.78 Å². The molecule has 1 rings (SSSR count). The van der Waals surface area contributed by atoms with Crippen molar-refractivity contribution in [1.29, 1.82) is 0 Å². The highest BCUT2D eigenvalue weighted by Crippen LogP contribution is 2.24. The molecule has 94 valence electrons. The van der Waals surface area contributed by atoms with Crippen molar-refractivity contribution < 1.29 is 4.79 Å². The SMILES string of the molecule is CCC(C)C(=O)CN(C)CC1CCCCC1. The Kier molecular flexibility index (Phi) is 6.04. The summed E-state index contributed by atoms with van der Waals surface area (Å²) in [7, 11) is 2.09. The first-order valence-corrected chi connectivity index (χ1v) is 6.84. The van der Waals surface area contributed by atoms with Crippen LogP contribution in [0.25, 0.3) is 0 Å². The van der Waals surface area contributed by atoms with Crippen LogP contribution in [0.1, 0.15) is 52.4 Å². The number of carbonyl (C=O) groups is 1. The minimum Gasteiger partial charge on any atom is -0.299 e. The van der Waals surface area contributed by atoms with E-state index in [1.54, 1.807) is 0 Å². The second-order valence-electron chi connectivity index (χ2n) is 5.48. The van der Waals surface area contributed by atoms with Gasteiger partial charge in [-0.15, -0.1) is 0 Å². The topological polar surface area (TPSA) is 20.3 Å². The third kappa shape index (κ3) is 4.65. The molecule has 0 spiro atoms. The molecule has 0 amide bonds. The molecule has 16 heavy (non-hydrogen) atoms. The van der Waals surface area contributed by atoms with Crippen LogP contribution >= 0.6 is 0 Å². The largest absolute Gasteiger partial charge is 0.299 e. The zero-order valence-corrected chi connectivity index (χ0v) is 11.2. The number of nitrogens with zero attached hydrogens (tertiary/aromatic N) is 1. The first kappa shape index (κ1) is 13.7. The standard InChI is InChI=1S/C14H27NO/c1-4-12(2)14(16)11-15(3)10-13-8-6-5-7-9-13/h12-13H,4-11H2,1-3H3. The third-order valence-electron chi connectivity index (χ3n) is 3.88. The summed E-state index contributed by atoms with van der Waals surface area (Å²) in [6.07, 6.45) is 7.88. The molecule has 0 heterocycles. The van der Waals surface area contributed by atoms with Gasteiger partial charge in [-0.2, -0.15) is 0 Å². The maximum atomic E-state index is 11.8. The smallest absolute Gasteiger partial charge is 0.149 e. The summed E-state index contributed by atoms with van der Waals surface area (Å²) in [6, 6.07) is 0. The quantitative estimate of drug-likeness (QED) is 0.692. The van der Waals surface area contributed by atoms with E-state index in [0.29, 0.717) is 12.3 Å². The maximum absolute atomic E-state index is 11.8. The lowest BCUT2D eigenvalue weighted by molar-refractivity contribution is -0.123. The van der Waals surface area contributed by atoms with Crippen LogP contribution in [0.2, 0.25) is 0 Å². The van der Waals surface area contributed by atoms with E-state index in [4.69, 9.17) is 0 Å². The lowest BCUT2D eigenvalue weighted by Crippen LogP contribution is -2.33. The fourth-order valence-electron chi connectivity index (χ4n) is 2.52. The third-order valence-corrected chi connectivity index (χ3v) is 3.88. The van der Waals surface area contributed by atoms with E-state index in [1.807, 2.05) is 6.92 Å². The van der Waals surface area contributed by atoms with Crippen LogP contribution in [0.3, 0.4) is 0 Å². The molecule has 0 saturated heterocycles. The van der Waals surface area contributed by atoms with E-state index in [-0.39, 0.29) is 5.92 Å². The zero-order chi connectivity index (χ0) is 12.0. The predicted octanol–water partition coefficient (Wildman–Crippen LogP) is 3.11. The van der Waals surface area contributed by atoms with E-state index < -0.39 is 0 Å². The summed E-state index contributed by atoms with van der Waals surface area (Å²) < 4.78 is 0. The molecule has 0 bridgehead atoms. The van der Waals surface area contributed by atoms with E-state index in [0.717, 1.165) is 18.9 Å². The van der Waals surface area contributed by atoms with Gasteiger partial charge in [-0.25, -0.2) is 0 Å². The summed E-state index contributed by atoms with van der Waals surface area (Å²) >= 11 is 0. The van der Waals surface area contributed by atoms with Gasteiger partial charge in [-0.1, -0.05) is 33.1 Å². The minimum absolute atomic E-state index is 0.230. The van der Waals surface area contributed by atoms with Crippen LogP contribution in [-0.2, 0) is 4.79 Å². The predicted molar refractivity (Wildman–Crippen MR) is 68.5 cm³/mol. The molecule has 1 aliphatic rings. The van der Waals surface area contributed by atoms with Gasteiger partial charge >= 0.3 is 0 Å². The van der Waals surface area contributed by atoms with Gasteiger partial charge in [-0.3, -0.25) is 9.69 Å². The molecule has 0 aromatic rings. The Labute approximate surface area is 100 Å². The van der Waals surface area contributed by atoms with E-state index in [2.05, 4.69) is 18.9 Å². The monoisotopic (exact) mass is 225 g/mol. The van der Waals surface area contributed by atoms with Crippen molar-refractivity contribution in [3.63, 3.8) is 0 Å². The fraction of sp³-hybridized carbons (Fsp3) is 0.929. The molecule has 1 saturated carbocycles. The van der Waals surface area contributed by atoms with Crippen molar-refractivity contribution in [2.75, 3.05) is 20.1 Å². The number of Topliss-reactive ketones (excluding diaryl/α,β-unsaturated/α-hetero) is 1. The maximum Gasteiger partial charge on any atom is 0.149 e. The highest BCUT2D eigenvalue weighted by Gasteiger charge is 2.18. The Morgan fingerprint density at radius 2 is 1.94 bits per heavy atom. The second kappa shape index (κ2) is 7.05. The van der Waals surface area contributed by atoms with Crippen molar-refractivity contribution in [1.82, 2.24) is 4.90 Å². The number of rotatable bonds is 6. The van der Waals surface area contributed by atoms with Gasteiger partial charge < -0.3 is 0 Å². The highest BCUT2D eigenvalue weighted by molar-refractivity contribution is 5.82. The number of carbonyl (C=O) groups excluding carboxylic acids is 1. The van der Waals surface area contributed by atoms with Gasteiger partial charge in [-0.05, 0) is 32.2 Å². The number of likely N-dealkylation sites (N-methyl/N-ethyl adjacent to an activating group) is 1. The molecule has 0 aromatic carbocycles. The number of hydrogen-bond donors (Lipinski definition) is 0. The molecular formula is C14H27NO. The van der Waals surface area contributed by atoms with Crippen molar-refractivity contribution in [2.24, 2.45) is 11.8 Å². The Morgan fingerprint density at radius 1 is 1.31 bits per heavy atom. The van der Waals surface area contributed by atoms with Gasteiger partial charge in [0.25, 0.3) is 0 Å². The summed E-state index contributed by atoms with van der Waals surface area (Å²) in [5.74, 6) is 1.47. The van der Waals surface area contributed by atoms with Gasteiger partial charge in [0, 0.05) is 12.5 Å². The Bertz CT molecular complexity index is 209. The molecule has 1 fully saturated rings. The van der Waals surface area contributed by atoms with Crippen molar-refractivity contribution in [3.05, 3.63) is 0 Å². The Hall–Kier alpha value is -0.370. The molecule has 0 aliphatic heterocycles. The first-order chi connectivity index (χ1) is 7.63. The average Bonchev–Trinajstić information content (AvgIpc) is 2.29. The summed E-state index contributed by atoms with van der Waals surface area (Å²) in [4.78, 5) is 14.0. The van der Waals surface area contributed by atoms with Gasteiger partial charge in [0.1, 0.15) is 5.78 Å². The molecule has 1 unspecified atom stereocenters. The van der Waals surface area contributed by atoms with Crippen LogP contribution in [-0.4, -0.2) is 30.8 Å². The minimum atomic E-state index is 0.230. The van der Waals surface area contributed by atoms with Crippen LogP contribution in [0.4, 0.5) is 0 Å². The van der Waals surface area contributed by atoms with E-state index in [1.165, 1.54) is 32.1 Å². The van der Waals surface area contributed by atoms with Crippen LogP contribution in [0.15, 0.2) is 0 Å². The van der Waals surface area contributed by atoms with Gasteiger partial charge in [0.15, 0.2) is 0 Å². The highest BCUT2D eigenvalue weighted by atomic mass is 16.1. The normalized spacial score (nSPS) is 20.0. The molecule has 0 radical (unpaired) electrons. The Balaban J connectivity index is 2.23. The average molecular weight is 225 g/mol. The molecule has 0 N–H and O–H groups in total. The van der Waals surface area contributed by atoms with Crippen molar-refractivity contribution in [2.45, 2.75) is 52.4 Å². The molecule has 0 aromatic heterocycles. The molecule has 1 aliphatic carbocycles. The Morgan fingerprint density at radius 3 is 2.50 bits per heavy atom. The number of hydrogen-bond acceptors (Lipinski definition) is 2. The molecule has 1 atom stereocenters. The summed E-state index contributed by atoms with van der Waals surface area (Å²) in [6.45, 7) is 5.88. The molecular weight excluding hydrogens is 198 g/mol. The first-order valence-electron chi connectivity index (χ1n) is 6.84.